The molecular weight excluding hydrogens is 226 g/mol. The second-order valence-electron chi connectivity index (χ2n) is 6.69. The number of ether oxygens (including phenoxy) is 1. The van der Waals surface area contributed by atoms with Gasteiger partial charge in [-0.1, -0.05) is 27.2 Å². The lowest BCUT2D eigenvalue weighted by atomic mass is 9.73. The van der Waals surface area contributed by atoms with Crippen molar-refractivity contribution < 1.29 is 9.53 Å². The molecule has 106 valence electrons. The standard InChI is InChI=1S/C15H29NO2/c1-10(2)12-8-7-11(3)9-13(12)16-15(4,5)14(17)18-6/h10-13,16H,7-9H2,1-6H3. The fourth-order valence-electron chi connectivity index (χ4n) is 3.15. The molecule has 1 aliphatic rings. The first-order valence-electron chi connectivity index (χ1n) is 7.14. The average Bonchev–Trinajstić information content (AvgIpc) is 2.26. The minimum Gasteiger partial charge on any atom is -0.468 e. The third-order valence-electron chi connectivity index (χ3n) is 4.26. The van der Waals surface area contributed by atoms with Crippen LogP contribution in [0.25, 0.3) is 0 Å². The Labute approximate surface area is 112 Å². The molecule has 1 fully saturated rings. The zero-order chi connectivity index (χ0) is 13.9. The summed E-state index contributed by atoms with van der Waals surface area (Å²) < 4.78 is 4.88. The number of hydrogen-bond donors (Lipinski definition) is 1. The molecule has 3 atom stereocenters. The lowest BCUT2D eigenvalue weighted by molar-refractivity contribution is -0.147. The Bertz CT molecular complexity index is 286. The summed E-state index contributed by atoms with van der Waals surface area (Å²) in [5.41, 5.74) is -0.594. The fraction of sp³-hybridized carbons (Fsp3) is 0.933. The molecule has 1 N–H and O–H groups in total. The normalized spacial score (nSPS) is 29.4. The van der Waals surface area contributed by atoms with Gasteiger partial charge in [-0.15, -0.1) is 0 Å². The maximum Gasteiger partial charge on any atom is 0.325 e. The van der Waals surface area contributed by atoms with E-state index in [1.165, 1.54) is 20.0 Å². The number of hydrogen-bond acceptors (Lipinski definition) is 3. The van der Waals surface area contributed by atoms with Gasteiger partial charge in [-0.3, -0.25) is 10.1 Å². The molecule has 0 aromatic rings. The molecule has 3 unspecified atom stereocenters. The average molecular weight is 255 g/mol. The van der Waals surface area contributed by atoms with Crippen molar-refractivity contribution in [1.82, 2.24) is 5.32 Å². The Morgan fingerprint density at radius 2 is 1.94 bits per heavy atom. The lowest BCUT2D eigenvalue weighted by Gasteiger charge is -2.41. The topological polar surface area (TPSA) is 38.3 Å². The van der Waals surface area contributed by atoms with Crippen LogP contribution in [0.5, 0.6) is 0 Å². The van der Waals surface area contributed by atoms with Gasteiger partial charge in [-0.2, -0.15) is 0 Å². The zero-order valence-corrected chi connectivity index (χ0v) is 12.7. The van der Waals surface area contributed by atoms with Gasteiger partial charge in [0.15, 0.2) is 0 Å². The minimum atomic E-state index is -0.594. The van der Waals surface area contributed by atoms with Crippen LogP contribution in [0.15, 0.2) is 0 Å². The van der Waals surface area contributed by atoms with Crippen LogP contribution in [0.3, 0.4) is 0 Å². The Morgan fingerprint density at radius 1 is 1.33 bits per heavy atom. The van der Waals surface area contributed by atoms with Gasteiger partial charge >= 0.3 is 5.97 Å². The molecule has 0 aliphatic heterocycles. The summed E-state index contributed by atoms with van der Waals surface area (Å²) in [6.45, 7) is 10.7. The summed E-state index contributed by atoms with van der Waals surface area (Å²) in [5.74, 6) is 1.88. The van der Waals surface area contributed by atoms with Gasteiger partial charge in [0.25, 0.3) is 0 Å². The van der Waals surface area contributed by atoms with E-state index in [1.54, 1.807) is 0 Å². The van der Waals surface area contributed by atoms with Gasteiger partial charge in [0.05, 0.1) is 7.11 Å². The predicted molar refractivity (Wildman–Crippen MR) is 74.4 cm³/mol. The quantitative estimate of drug-likeness (QED) is 0.785. The monoisotopic (exact) mass is 255 g/mol. The largest absolute Gasteiger partial charge is 0.468 e. The van der Waals surface area contributed by atoms with E-state index < -0.39 is 5.54 Å². The first-order chi connectivity index (χ1) is 8.27. The first kappa shape index (κ1) is 15.5. The maximum atomic E-state index is 11.8. The third kappa shape index (κ3) is 3.71. The molecule has 0 amide bonds. The molecule has 0 saturated heterocycles. The second kappa shape index (κ2) is 6.05. The van der Waals surface area contributed by atoms with Crippen LogP contribution < -0.4 is 5.32 Å². The minimum absolute atomic E-state index is 0.178. The molecule has 3 heteroatoms. The molecule has 0 spiro atoms. The van der Waals surface area contributed by atoms with Crippen molar-refractivity contribution in [2.24, 2.45) is 17.8 Å². The summed E-state index contributed by atoms with van der Waals surface area (Å²) in [4.78, 5) is 11.8. The van der Waals surface area contributed by atoms with Crippen LogP contribution in [-0.2, 0) is 9.53 Å². The van der Waals surface area contributed by atoms with E-state index in [9.17, 15) is 4.79 Å². The highest BCUT2D eigenvalue weighted by Gasteiger charge is 2.37. The van der Waals surface area contributed by atoms with Crippen molar-refractivity contribution in [2.45, 2.75) is 65.5 Å². The Hall–Kier alpha value is -0.570. The number of esters is 1. The van der Waals surface area contributed by atoms with Crippen LogP contribution in [0.4, 0.5) is 0 Å². The molecule has 0 aromatic heterocycles. The Kier molecular flexibility index (Phi) is 5.20. The third-order valence-corrected chi connectivity index (χ3v) is 4.26. The molecule has 0 bridgehead atoms. The summed E-state index contributed by atoms with van der Waals surface area (Å²) in [6, 6.07) is 0.419. The summed E-state index contributed by atoms with van der Waals surface area (Å²) >= 11 is 0. The molecule has 18 heavy (non-hydrogen) atoms. The van der Waals surface area contributed by atoms with Crippen LogP contribution in [0.1, 0.15) is 53.9 Å². The zero-order valence-electron chi connectivity index (χ0n) is 12.7. The smallest absolute Gasteiger partial charge is 0.325 e. The van der Waals surface area contributed by atoms with E-state index in [-0.39, 0.29) is 5.97 Å². The molecular formula is C15H29NO2. The Balaban J connectivity index is 2.74. The lowest BCUT2D eigenvalue weighted by Crippen LogP contribution is -2.56. The van der Waals surface area contributed by atoms with Crippen molar-refractivity contribution in [2.75, 3.05) is 7.11 Å². The molecule has 1 saturated carbocycles. The van der Waals surface area contributed by atoms with Crippen molar-refractivity contribution >= 4 is 5.97 Å². The van der Waals surface area contributed by atoms with Crippen molar-refractivity contribution in [3.05, 3.63) is 0 Å². The highest BCUT2D eigenvalue weighted by Crippen LogP contribution is 2.34. The molecule has 0 radical (unpaired) electrons. The summed E-state index contributed by atoms with van der Waals surface area (Å²) in [5, 5.41) is 3.53. The molecule has 1 rings (SSSR count). The predicted octanol–water partition coefficient (Wildman–Crippen LogP) is 2.99. The molecule has 1 aliphatic carbocycles. The van der Waals surface area contributed by atoms with Crippen LogP contribution in [0, 0.1) is 17.8 Å². The van der Waals surface area contributed by atoms with Gasteiger partial charge < -0.3 is 4.74 Å². The highest BCUT2D eigenvalue weighted by atomic mass is 16.5. The van der Waals surface area contributed by atoms with E-state index in [0.717, 1.165) is 12.3 Å². The maximum absolute atomic E-state index is 11.8. The Morgan fingerprint density at radius 3 is 2.44 bits per heavy atom. The van der Waals surface area contributed by atoms with Crippen LogP contribution >= 0.6 is 0 Å². The first-order valence-corrected chi connectivity index (χ1v) is 7.14. The fourth-order valence-corrected chi connectivity index (χ4v) is 3.15. The van der Waals surface area contributed by atoms with E-state index >= 15 is 0 Å². The van der Waals surface area contributed by atoms with Crippen molar-refractivity contribution in [3.63, 3.8) is 0 Å². The van der Waals surface area contributed by atoms with Gasteiger partial charge in [-0.25, -0.2) is 0 Å². The molecule has 0 heterocycles. The number of carbonyl (C=O) groups excluding carboxylic acids is 1. The number of rotatable bonds is 4. The summed E-state index contributed by atoms with van der Waals surface area (Å²) in [6.07, 6.45) is 3.72. The second-order valence-corrected chi connectivity index (χ2v) is 6.69. The van der Waals surface area contributed by atoms with Crippen molar-refractivity contribution in [3.8, 4) is 0 Å². The van der Waals surface area contributed by atoms with Gasteiger partial charge in [0, 0.05) is 6.04 Å². The van der Waals surface area contributed by atoms with Crippen molar-refractivity contribution in [1.29, 1.82) is 0 Å². The highest BCUT2D eigenvalue weighted by molar-refractivity contribution is 5.79. The molecule has 0 aromatic carbocycles. The van der Waals surface area contributed by atoms with E-state index in [1.807, 2.05) is 13.8 Å². The van der Waals surface area contributed by atoms with E-state index in [4.69, 9.17) is 4.74 Å². The van der Waals surface area contributed by atoms with Crippen LogP contribution in [-0.4, -0.2) is 24.7 Å². The number of carbonyl (C=O) groups is 1. The van der Waals surface area contributed by atoms with E-state index in [2.05, 4.69) is 26.1 Å². The van der Waals surface area contributed by atoms with Gasteiger partial charge in [0.2, 0.25) is 0 Å². The van der Waals surface area contributed by atoms with Gasteiger partial charge in [0.1, 0.15) is 5.54 Å². The van der Waals surface area contributed by atoms with E-state index in [0.29, 0.717) is 17.9 Å². The SMILES string of the molecule is COC(=O)C(C)(C)NC1CC(C)CCC1C(C)C. The van der Waals surface area contributed by atoms with Crippen LogP contribution in [0.2, 0.25) is 0 Å². The number of methoxy groups -OCH3 is 1. The molecule has 3 nitrogen and oxygen atoms in total. The number of nitrogens with one attached hydrogen (secondary N) is 1. The summed E-state index contributed by atoms with van der Waals surface area (Å²) in [7, 11) is 1.45. The van der Waals surface area contributed by atoms with Gasteiger partial charge in [-0.05, 0) is 44.4 Å².